The fourth-order valence-electron chi connectivity index (χ4n) is 4.16. The summed E-state index contributed by atoms with van der Waals surface area (Å²) >= 11 is 0. The van der Waals surface area contributed by atoms with Crippen LogP contribution in [0.1, 0.15) is 12.8 Å². The molecule has 1 aromatic heterocycles. The van der Waals surface area contributed by atoms with Crippen molar-refractivity contribution in [1.29, 1.82) is 0 Å². The monoisotopic (exact) mass is 437 g/mol. The number of hydrogen-bond acceptors (Lipinski definition) is 8. The van der Waals surface area contributed by atoms with Crippen LogP contribution in [0.15, 0.2) is 42.6 Å². The van der Waals surface area contributed by atoms with Gasteiger partial charge in [-0.1, -0.05) is 0 Å². The second-order valence-corrected chi connectivity index (χ2v) is 8.01. The Morgan fingerprint density at radius 3 is 2.38 bits per heavy atom. The van der Waals surface area contributed by atoms with E-state index < -0.39 is 0 Å². The van der Waals surface area contributed by atoms with E-state index in [9.17, 15) is 5.11 Å². The van der Waals surface area contributed by atoms with Crippen LogP contribution in [0, 0.1) is 5.92 Å². The number of nitrogens with zero attached hydrogens (tertiary/aromatic N) is 4. The first-order chi connectivity index (χ1) is 15.6. The number of hydrogen-bond donors (Lipinski definition) is 2. The second-order valence-electron chi connectivity index (χ2n) is 8.01. The molecule has 1 aliphatic rings. The molecule has 1 saturated heterocycles. The second kappa shape index (κ2) is 10.0. The minimum absolute atomic E-state index is 0.000627. The summed E-state index contributed by atoms with van der Waals surface area (Å²) in [4.78, 5) is 13.8. The van der Waals surface area contributed by atoms with Gasteiger partial charge in [0.15, 0.2) is 0 Å². The molecule has 3 aromatic rings. The van der Waals surface area contributed by atoms with E-state index in [4.69, 9.17) is 20.2 Å². The zero-order valence-electron chi connectivity index (χ0n) is 18.7. The van der Waals surface area contributed by atoms with Gasteiger partial charge in [-0.05, 0) is 43.5 Å². The lowest BCUT2D eigenvalue weighted by Crippen LogP contribution is -2.36. The van der Waals surface area contributed by atoms with Crippen molar-refractivity contribution in [2.24, 2.45) is 11.7 Å². The van der Waals surface area contributed by atoms with E-state index in [-0.39, 0.29) is 6.61 Å². The van der Waals surface area contributed by atoms with E-state index in [1.165, 1.54) is 0 Å². The lowest BCUT2D eigenvalue weighted by molar-refractivity contribution is 0.305. The van der Waals surface area contributed by atoms with E-state index in [1.54, 1.807) is 14.2 Å². The molecule has 0 saturated carbocycles. The fourth-order valence-corrected chi connectivity index (χ4v) is 4.16. The van der Waals surface area contributed by atoms with Crippen LogP contribution in [0.3, 0.4) is 0 Å². The Morgan fingerprint density at radius 1 is 1.03 bits per heavy atom. The molecule has 0 atom stereocenters. The Bertz CT molecular complexity index is 1030. The van der Waals surface area contributed by atoms with Crippen molar-refractivity contribution in [2.45, 2.75) is 12.8 Å². The third-order valence-corrected chi connectivity index (χ3v) is 6.07. The summed E-state index contributed by atoms with van der Waals surface area (Å²) in [6.45, 7) is 3.06. The number of ether oxygens (including phenoxy) is 2. The quantitative estimate of drug-likeness (QED) is 0.555. The van der Waals surface area contributed by atoms with Gasteiger partial charge < -0.3 is 30.1 Å². The average Bonchev–Trinajstić information content (AvgIpc) is 2.86. The molecule has 170 valence electrons. The van der Waals surface area contributed by atoms with Crippen molar-refractivity contribution in [2.75, 3.05) is 56.8 Å². The van der Waals surface area contributed by atoms with Crippen LogP contribution < -0.4 is 25.0 Å². The van der Waals surface area contributed by atoms with Crippen LogP contribution in [0.5, 0.6) is 11.5 Å². The number of benzene rings is 2. The molecule has 0 spiro atoms. The normalized spacial score (nSPS) is 14.6. The highest BCUT2D eigenvalue weighted by Gasteiger charge is 2.20. The van der Waals surface area contributed by atoms with Gasteiger partial charge >= 0.3 is 0 Å². The standard InChI is InChI=1S/C24H31N5O3/c1-31-20-11-19(12-21(14-20)32-2)29(9-10-30)18-3-4-22-23(13-18)27-24(16-26-22)28-7-5-17(15-25)6-8-28/h3-4,11-14,16-17,30H,5-10,15,25H2,1-2H3. The first-order valence-electron chi connectivity index (χ1n) is 11.0. The molecule has 0 unspecified atom stereocenters. The molecular formula is C24H31N5O3. The zero-order valence-corrected chi connectivity index (χ0v) is 18.7. The third-order valence-electron chi connectivity index (χ3n) is 6.07. The summed E-state index contributed by atoms with van der Waals surface area (Å²) in [5.41, 5.74) is 9.26. The maximum atomic E-state index is 9.73. The number of aliphatic hydroxyl groups is 1. The molecule has 0 amide bonds. The maximum absolute atomic E-state index is 9.73. The average molecular weight is 438 g/mol. The van der Waals surface area contributed by atoms with Crippen molar-refractivity contribution in [3.8, 4) is 11.5 Å². The third kappa shape index (κ3) is 4.71. The van der Waals surface area contributed by atoms with Gasteiger partial charge in [0, 0.05) is 49.2 Å². The van der Waals surface area contributed by atoms with Crippen molar-refractivity contribution >= 4 is 28.2 Å². The molecule has 0 aliphatic carbocycles. The lowest BCUT2D eigenvalue weighted by Gasteiger charge is -2.32. The Balaban J connectivity index is 1.67. The van der Waals surface area contributed by atoms with Gasteiger partial charge in [-0.3, -0.25) is 4.98 Å². The predicted octanol–water partition coefficient (Wildman–Crippen LogP) is 2.95. The Labute approximate surface area is 188 Å². The van der Waals surface area contributed by atoms with Gasteiger partial charge in [0.05, 0.1) is 38.1 Å². The van der Waals surface area contributed by atoms with Crippen LogP contribution in [0.4, 0.5) is 17.2 Å². The highest BCUT2D eigenvalue weighted by molar-refractivity contribution is 5.82. The molecule has 1 fully saturated rings. The summed E-state index contributed by atoms with van der Waals surface area (Å²) < 4.78 is 10.9. The number of methoxy groups -OCH3 is 2. The van der Waals surface area contributed by atoms with Crippen LogP contribution in [0.25, 0.3) is 11.0 Å². The summed E-state index contributed by atoms with van der Waals surface area (Å²) in [5, 5.41) is 9.73. The molecule has 4 rings (SSSR count). The van der Waals surface area contributed by atoms with E-state index in [0.717, 1.165) is 60.7 Å². The molecule has 0 radical (unpaired) electrons. The van der Waals surface area contributed by atoms with Gasteiger partial charge in [-0.25, -0.2) is 4.98 Å². The largest absolute Gasteiger partial charge is 0.497 e. The molecular weight excluding hydrogens is 406 g/mol. The SMILES string of the molecule is COc1cc(OC)cc(N(CCO)c2ccc3ncc(N4CCC(CN)CC4)nc3c2)c1. The first-order valence-corrected chi connectivity index (χ1v) is 11.0. The molecule has 32 heavy (non-hydrogen) atoms. The van der Waals surface area contributed by atoms with Crippen molar-refractivity contribution in [3.63, 3.8) is 0 Å². The molecule has 2 aromatic carbocycles. The topological polar surface area (TPSA) is 97.0 Å². The molecule has 3 N–H and O–H groups in total. The number of anilines is 3. The number of fused-ring (bicyclic) bond motifs is 1. The Hall–Kier alpha value is -3.10. The number of nitrogens with two attached hydrogens (primary N) is 1. The van der Waals surface area contributed by atoms with E-state index in [0.29, 0.717) is 24.0 Å². The van der Waals surface area contributed by atoms with Crippen LogP contribution in [0.2, 0.25) is 0 Å². The maximum Gasteiger partial charge on any atom is 0.147 e. The smallest absolute Gasteiger partial charge is 0.147 e. The summed E-state index contributed by atoms with van der Waals surface area (Å²) in [6, 6.07) is 11.6. The Kier molecular flexibility index (Phi) is 6.92. The van der Waals surface area contributed by atoms with Gasteiger partial charge in [0.1, 0.15) is 17.3 Å². The summed E-state index contributed by atoms with van der Waals surface area (Å²) in [7, 11) is 3.25. The predicted molar refractivity (Wildman–Crippen MR) is 127 cm³/mol. The number of rotatable bonds is 8. The molecule has 8 nitrogen and oxygen atoms in total. The highest BCUT2D eigenvalue weighted by atomic mass is 16.5. The molecule has 8 heteroatoms. The van der Waals surface area contributed by atoms with Gasteiger partial charge in [-0.2, -0.15) is 0 Å². The molecule has 1 aliphatic heterocycles. The van der Waals surface area contributed by atoms with Gasteiger partial charge in [-0.15, -0.1) is 0 Å². The van der Waals surface area contributed by atoms with Gasteiger partial charge in [0.2, 0.25) is 0 Å². The highest BCUT2D eigenvalue weighted by Crippen LogP contribution is 2.34. The van der Waals surface area contributed by atoms with Crippen molar-refractivity contribution < 1.29 is 14.6 Å². The van der Waals surface area contributed by atoms with Crippen LogP contribution in [-0.4, -0.2) is 62.1 Å². The Morgan fingerprint density at radius 2 is 1.75 bits per heavy atom. The number of aliphatic hydroxyl groups excluding tert-OH is 1. The van der Waals surface area contributed by atoms with E-state index >= 15 is 0 Å². The van der Waals surface area contributed by atoms with E-state index in [2.05, 4.69) is 9.88 Å². The van der Waals surface area contributed by atoms with Gasteiger partial charge in [0.25, 0.3) is 0 Å². The van der Waals surface area contributed by atoms with Crippen molar-refractivity contribution in [1.82, 2.24) is 9.97 Å². The summed E-state index contributed by atoms with van der Waals surface area (Å²) in [5.74, 6) is 2.86. The summed E-state index contributed by atoms with van der Waals surface area (Å²) in [6.07, 6.45) is 4.01. The van der Waals surface area contributed by atoms with Crippen LogP contribution >= 0.6 is 0 Å². The number of piperidine rings is 1. The number of aromatic nitrogens is 2. The minimum atomic E-state index is -0.000627. The molecule has 2 heterocycles. The zero-order chi connectivity index (χ0) is 22.5. The lowest BCUT2D eigenvalue weighted by atomic mass is 9.97. The van der Waals surface area contributed by atoms with E-state index in [1.807, 2.05) is 47.5 Å². The minimum Gasteiger partial charge on any atom is -0.497 e. The fraction of sp³-hybridized carbons (Fsp3) is 0.417. The van der Waals surface area contributed by atoms with Crippen molar-refractivity contribution in [3.05, 3.63) is 42.6 Å². The molecule has 0 bridgehead atoms. The van der Waals surface area contributed by atoms with Crippen LogP contribution in [-0.2, 0) is 0 Å². The first kappa shape index (κ1) is 22.1.